The molecule has 3 rings (SSSR count). The molecule has 0 aliphatic heterocycles. The van der Waals surface area contributed by atoms with Crippen LogP contribution in [0.5, 0.6) is 5.75 Å². The maximum absolute atomic E-state index is 6.08. The third-order valence-electron chi connectivity index (χ3n) is 4.87. The van der Waals surface area contributed by atoms with E-state index < -0.39 is 0 Å². The van der Waals surface area contributed by atoms with Gasteiger partial charge in [0, 0.05) is 25.4 Å². The fourth-order valence-corrected chi connectivity index (χ4v) is 3.19. The summed E-state index contributed by atoms with van der Waals surface area (Å²) < 4.78 is 8.04. The van der Waals surface area contributed by atoms with E-state index in [9.17, 15) is 0 Å². The van der Waals surface area contributed by atoms with Crippen molar-refractivity contribution in [1.29, 1.82) is 0 Å². The van der Waals surface area contributed by atoms with Crippen molar-refractivity contribution in [3.8, 4) is 5.75 Å². The summed E-state index contributed by atoms with van der Waals surface area (Å²) in [7, 11) is 1.76. The maximum Gasteiger partial charge on any atom is 0.191 e. The highest BCUT2D eigenvalue weighted by Gasteiger charge is 2.08. The molecule has 0 saturated carbocycles. The van der Waals surface area contributed by atoms with Gasteiger partial charge in [0.05, 0.1) is 13.2 Å². The average Bonchev–Trinajstić information content (AvgIpc) is 3.15. The molecule has 0 spiro atoms. The molecule has 0 fully saturated rings. The first-order chi connectivity index (χ1) is 14.6. The summed E-state index contributed by atoms with van der Waals surface area (Å²) in [6, 6.07) is 12.2. The smallest absolute Gasteiger partial charge is 0.191 e. The molecule has 0 saturated heterocycles. The Kier molecular flexibility index (Phi) is 7.65. The number of rotatable bonds is 9. The SMILES string of the molecule is CN=C(NCc1ccc(C)cc1OCCCC(C)C)NCc1nnc2ccccn12. The number of aliphatic imine (C=N–C) groups is 1. The van der Waals surface area contributed by atoms with Gasteiger partial charge in [-0.3, -0.25) is 9.39 Å². The molecule has 160 valence electrons. The highest BCUT2D eigenvalue weighted by Crippen LogP contribution is 2.21. The summed E-state index contributed by atoms with van der Waals surface area (Å²) >= 11 is 0. The van der Waals surface area contributed by atoms with Crippen molar-refractivity contribution < 1.29 is 4.74 Å². The van der Waals surface area contributed by atoms with Crippen LogP contribution in [-0.2, 0) is 13.1 Å². The highest BCUT2D eigenvalue weighted by molar-refractivity contribution is 5.79. The largest absolute Gasteiger partial charge is 0.493 e. The van der Waals surface area contributed by atoms with Crippen molar-refractivity contribution in [2.45, 2.75) is 46.7 Å². The summed E-state index contributed by atoms with van der Waals surface area (Å²) in [5, 5.41) is 15.1. The van der Waals surface area contributed by atoms with Gasteiger partial charge in [-0.2, -0.15) is 0 Å². The summed E-state index contributed by atoms with van der Waals surface area (Å²) in [4.78, 5) is 4.32. The third kappa shape index (κ3) is 5.95. The van der Waals surface area contributed by atoms with Gasteiger partial charge in [-0.1, -0.05) is 32.0 Å². The maximum atomic E-state index is 6.08. The zero-order valence-electron chi connectivity index (χ0n) is 18.4. The van der Waals surface area contributed by atoms with Crippen LogP contribution in [0.2, 0.25) is 0 Å². The number of aromatic nitrogens is 3. The second-order valence-electron chi connectivity index (χ2n) is 7.82. The molecule has 2 N–H and O–H groups in total. The van der Waals surface area contributed by atoms with Crippen LogP contribution < -0.4 is 15.4 Å². The lowest BCUT2D eigenvalue weighted by Gasteiger charge is -2.15. The van der Waals surface area contributed by atoms with Crippen LogP contribution >= 0.6 is 0 Å². The molecule has 3 aromatic rings. The second kappa shape index (κ2) is 10.6. The van der Waals surface area contributed by atoms with Gasteiger partial charge in [-0.05, 0) is 49.4 Å². The van der Waals surface area contributed by atoms with E-state index in [1.807, 2.05) is 28.8 Å². The topological polar surface area (TPSA) is 75.8 Å². The van der Waals surface area contributed by atoms with Gasteiger partial charge >= 0.3 is 0 Å². The minimum atomic E-state index is 0.525. The number of guanidine groups is 1. The van der Waals surface area contributed by atoms with Crippen LogP contribution in [-0.4, -0.2) is 34.2 Å². The molecule has 7 heteroatoms. The van der Waals surface area contributed by atoms with Crippen molar-refractivity contribution >= 4 is 11.6 Å². The van der Waals surface area contributed by atoms with E-state index in [2.05, 4.69) is 64.8 Å². The van der Waals surface area contributed by atoms with Gasteiger partial charge in [-0.25, -0.2) is 0 Å². The number of ether oxygens (including phenoxy) is 1. The Balaban J connectivity index is 1.56. The summed E-state index contributed by atoms with van der Waals surface area (Å²) in [5.74, 6) is 3.17. The number of hydrogen-bond donors (Lipinski definition) is 2. The predicted octanol–water partition coefficient (Wildman–Crippen LogP) is 3.72. The molecular formula is C23H32N6O. The lowest BCUT2D eigenvalue weighted by Crippen LogP contribution is -2.36. The van der Waals surface area contributed by atoms with Crippen molar-refractivity contribution in [3.05, 3.63) is 59.5 Å². The molecular weight excluding hydrogens is 376 g/mol. The monoisotopic (exact) mass is 408 g/mol. The molecule has 0 atom stereocenters. The highest BCUT2D eigenvalue weighted by atomic mass is 16.5. The lowest BCUT2D eigenvalue weighted by molar-refractivity contribution is 0.294. The van der Waals surface area contributed by atoms with Crippen LogP contribution in [0.15, 0.2) is 47.6 Å². The van der Waals surface area contributed by atoms with Gasteiger partial charge in [0.2, 0.25) is 0 Å². The van der Waals surface area contributed by atoms with Gasteiger partial charge in [0.1, 0.15) is 5.75 Å². The van der Waals surface area contributed by atoms with Gasteiger partial charge in [0.15, 0.2) is 17.4 Å². The zero-order valence-corrected chi connectivity index (χ0v) is 18.4. The quantitative estimate of drug-likeness (QED) is 0.321. The minimum Gasteiger partial charge on any atom is -0.493 e. The van der Waals surface area contributed by atoms with E-state index in [4.69, 9.17) is 4.74 Å². The number of aryl methyl sites for hydroxylation is 1. The molecule has 0 bridgehead atoms. The number of pyridine rings is 1. The molecule has 2 aromatic heterocycles. The molecule has 0 aliphatic rings. The number of hydrogen-bond acceptors (Lipinski definition) is 4. The number of benzene rings is 1. The Morgan fingerprint density at radius 1 is 1.13 bits per heavy atom. The Labute approximate surface area is 178 Å². The van der Waals surface area contributed by atoms with Crippen molar-refractivity contribution in [2.75, 3.05) is 13.7 Å². The first-order valence-electron chi connectivity index (χ1n) is 10.5. The van der Waals surface area contributed by atoms with Gasteiger partial charge < -0.3 is 15.4 Å². The van der Waals surface area contributed by atoms with Gasteiger partial charge in [-0.15, -0.1) is 10.2 Å². The fraction of sp³-hybridized carbons (Fsp3) is 0.435. The first-order valence-corrected chi connectivity index (χ1v) is 10.5. The molecule has 0 unspecified atom stereocenters. The van der Waals surface area contributed by atoms with Crippen LogP contribution in [0, 0.1) is 12.8 Å². The van der Waals surface area contributed by atoms with E-state index in [0.29, 0.717) is 25.0 Å². The summed E-state index contributed by atoms with van der Waals surface area (Å²) in [5.41, 5.74) is 3.14. The third-order valence-corrected chi connectivity index (χ3v) is 4.87. The normalized spacial score (nSPS) is 11.8. The second-order valence-corrected chi connectivity index (χ2v) is 7.82. The summed E-state index contributed by atoms with van der Waals surface area (Å²) in [6.45, 7) is 8.45. The standard InChI is InChI=1S/C23H32N6O/c1-17(2)8-7-13-30-20-14-18(3)10-11-19(20)15-25-23(24-4)26-16-22-28-27-21-9-5-6-12-29(21)22/h5-6,9-12,14,17H,7-8,13,15-16H2,1-4H3,(H2,24,25,26). The molecule has 0 aliphatic carbocycles. The molecule has 30 heavy (non-hydrogen) atoms. The Hall–Kier alpha value is -3.09. The average molecular weight is 409 g/mol. The molecule has 2 heterocycles. The van der Waals surface area contributed by atoms with Gasteiger partial charge in [0.25, 0.3) is 0 Å². The van der Waals surface area contributed by atoms with E-state index in [0.717, 1.165) is 35.8 Å². The zero-order chi connectivity index (χ0) is 21.3. The van der Waals surface area contributed by atoms with Crippen LogP contribution in [0.25, 0.3) is 5.65 Å². The van der Waals surface area contributed by atoms with E-state index in [-0.39, 0.29) is 0 Å². The van der Waals surface area contributed by atoms with E-state index >= 15 is 0 Å². The van der Waals surface area contributed by atoms with E-state index in [1.54, 1.807) is 7.05 Å². The molecule has 0 radical (unpaired) electrons. The molecule has 7 nitrogen and oxygen atoms in total. The molecule has 1 aromatic carbocycles. The Morgan fingerprint density at radius 3 is 2.77 bits per heavy atom. The molecule has 0 amide bonds. The minimum absolute atomic E-state index is 0.525. The summed E-state index contributed by atoms with van der Waals surface area (Å²) in [6.07, 6.45) is 4.19. The van der Waals surface area contributed by atoms with Crippen LogP contribution in [0.4, 0.5) is 0 Å². The number of nitrogens with one attached hydrogen (secondary N) is 2. The van der Waals surface area contributed by atoms with E-state index in [1.165, 1.54) is 12.0 Å². The fourth-order valence-electron chi connectivity index (χ4n) is 3.19. The van der Waals surface area contributed by atoms with Crippen molar-refractivity contribution in [3.63, 3.8) is 0 Å². The van der Waals surface area contributed by atoms with Crippen LogP contribution in [0.1, 0.15) is 43.6 Å². The Bertz CT molecular complexity index is 979. The van der Waals surface area contributed by atoms with Crippen LogP contribution in [0.3, 0.4) is 0 Å². The van der Waals surface area contributed by atoms with Crippen molar-refractivity contribution in [1.82, 2.24) is 25.2 Å². The Morgan fingerprint density at radius 2 is 1.97 bits per heavy atom. The number of fused-ring (bicyclic) bond motifs is 1. The lowest BCUT2D eigenvalue weighted by atomic mass is 10.1. The predicted molar refractivity (Wildman–Crippen MR) is 121 cm³/mol. The van der Waals surface area contributed by atoms with Crippen molar-refractivity contribution in [2.24, 2.45) is 10.9 Å². The first kappa shape index (κ1) is 21.6. The number of nitrogens with zero attached hydrogens (tertiary/aromatic N) is 4.